The number of benzene rings is 1. The van der Waals surface area contributed by atoms with Gasteiger partial charge in [0.1, 0.15) is 0 Å². The quantitative estimate of drug-likeness (QED) is 0.574. The lowest BCUT2D eigenvalue weighted by Crippen LogP contribution is -2.30. The molecule has 0 saturated heterocycles. The Morgan fingerprint density at radius 3 is 2.50 bits per heavy atom. The highest BCUT2D eigenvalue weighted by Gasteiger charge is 2.39. The molecule has 0 heterocycles. The summed E-state index contributed by atoms with van der Waals surface area (Å²) < 4.78 is 31.0. The van der Waals surface area contributed by atoms with E-state index in [-0.39, 0.29) is 18.9 Å². The van der Waals surface area contributed by atoms with E-state index in [9.17, 15) is 18.4 Å². The summed E-state index contributed by atoms with van der Waals surface area (Å²) in [7, 11) is 1.59. The van der Waals surface area contributed by atoms with Crippen LogP contribution in [0.15, 0.2) is 42.5 Å². The van der Waals surface area contributed by atoms with Gasteiger partial charge in [0.05, 0.1) is 6.61 Å². The molecule has 4 nitrogen and oxygen atoms in total. The average Bonchev–Trinajstić information content (AvgIpc) is 2.51. The fraction of sp³-hybridized carbons (Fsp3) is 0.375. The topological polar surface area (TPSA) is 46.6 Å². The molecule has 0 fully saturated rings. The second kappa shape index (κ2) is 8.26. The largest absolute Gasteiger partial charge is 0.462 e. The van der Waals surface area contributed by atoms with Crippen LogP contribution in [0, 0.1) is 0 Å². The molecule has 120 valence electrons. The number of ether oxygens (including phenoxy) is 1. The molecule has 0 N–H and O–H groups in total. The van der Waals surface area contributed by atoms with E-state index in [0.717, 1.165) is 0 Å². The van der Waals surface area contributed by atoms with E-state index in [1.54, 1.807) is 31.3 Å². The van der Waals surface area contributed by atoms with Crippen LogP contribution in [0.25, 0.3) is 0 Å². The van der Waals surface area contributed by atoms with Crippen LogP contribution < -0.4 is 4.90 Å². The van der Waals surface area contributed by atoms with Gasteiger partial charge in [-0.15, -0.1) is 0 Å². The van der Waals surface area contributed by atoms with Crippen molar-refractivity contribution in [3.63, 3.8) is 0 Å². The molecule has 0 radical (unpaired) electrons. The fourth-order valence-electron chi connectivity index (χ4n) is 1.68. The Balaban J connectivity index is 2.49. The number of amides is 1. The van der Waals surface area contributed by atoms with Crippen molar-refractivity contribution in [3.05, 3.63) is 42.5 Å². The summed E-state index contributed by atoms with van der Waals surface area (Å²) in [4.78, 5) is 24.3. The lowest BCUT2D eigenvalue weighted by molar-refractivity contribution is -0.172. The van der Waals surface area contributed by atoms with Crippen LogP contribution >= 0.6 is 0 Å². The minimum absolute atomic E-state index is 0.0926. The maximum Gasteiger partial charge on any atom is 0.376 e. The molecular formula is C16H19F2NO3. The van der Waals surface area contributed by atoms with Crippen molar-refractivity contribution < 1.29 is 23.1 Å². The standard InChI is InChI=1S/C16H19F2NO3/c1-3-22-15(21)16(17,18)12-8-7-11-14(20)19(2)13-9-5-4-6-10-13/h4-7,9-11H,3,8,12H2,1-2H3/b11-7+. The zero-order valence-corrected chi connectivity index (χ0v) is 12.6. The Kier molecular flexibility index (Phi) is 6.69. The zero-order valence-electron chi connectivity index (χ0n) is 12.6. The number of anilines is 1. The lowest BCUT2D eigenvalue weighted by atomic mass is 10.1. The lowest BCUT2D eigenvalue weighted by Gasteiger charge is -2.15. The van der Waals surface area contributed by atoms with Crippen LogP contribution in [0.2, 0.25) is 0 Å². The highest BCUT2D eigenvalue weighted by Crippen LogP contribution is 2.22. The highest BCUT2D eigenvalue weighted by atomic mass is 19.3. The van der Waals surface area contributed by atoms with Gasteiger partial charge in [-0.1, -0.05) is 24.3 Å². The van der Waals surface area contributed by atoms with E-state index in [0.29, 0.717) is 5.69 Å². The van der Waals surface area contributed by atoms with E-state index in [2.05, 4.69) is 4.74 Å². The summed E-state index contributed by atoms with van der Waals surface area (Å²) in [6.07, 6.45) is 1.76. The first-order valence-corrected chi connectivity index (χ1v) is 6.93. The molecule has 6 heteroatoms. The third-order valence-corrected chi connectivity index (χ3v) is 2.93. The molecule has 0 bridgehead atoms. The van der Waals surface area contributed by atoms with E-state index in [1.807, 2.05) is 6.07 Å². The maximum atomic E-state index is 13.3. The summed E-state index contributed by atoms with van der Waals surface area (Å²) in [6, 6.07) is 8.95. The van der Waals surface area contributed by atoms with E-state index in [1.165, 1.54) is 24.0 Å². The first-order chi connectivity index (χ1) is 10.4. The fourth-order valence-corrected chi connectivity index (χ4v) is 1.68. The SMILES string of the molecule is CCOC(=O)C(F)(F)CC/C=C/C(=O)N(C)c1ccccc1. The van der Waals surface area contributed by atoms with Crippen LogP contribution in [0.1, 0.15) is 19.8 Å². The summed E-state index contributed by atoms with van der Waals surface area (Å²) in [5, 5.41) is 0. The molecule has 22 heavy (non-hydrogen) atoms. The van der Waals surface area contributed by atoms with Crippen LogP contribution in [0.5, 0.6) is 0 Å². The summed E-state index contributed by atoms with van der Waals surface area (Å²) in [5.41, 5.74) is 0.703. The van der Waals surface area contributed by atoms with Crippen molar-refractivity contribution in [2.45, 2.75) is 25.7 Å². The molecular weight excluding hydrogens is 292 g/mol. The second-order valence-corrected chi connectivity index (χ2v) is 4.60. The number of hydrogen-bond acceptors (Lipinski definition) is 3. The van der Waals surface area contributed by atoms with Gasteiger partial charge in [-0.05, 0) is 31.6 Å². The Morgan fingerprint density at radius 2 is 1.91 bits per heavy atom. The minimum Gasteiger partial charge on any atom is -0.462 e. The number of nitrogens with zero attached hydrogens (tertiary/aromatic N) is 1. The summed E-state index contributed by atoms with van der Waals surface area (Å²) in [6.45, 7) is 1.37. The average molecular weight is 311 g/mol. The van der Waals surface area contributed by atoms with Crippen LogP contribution in [-0.4, -0.2) is 31.5 Å². The number of carbonyl (C=O) groups is 2. The Labute approximate surface area is 128 Å². The van der Waals surface area contributed by atoms with E-state index in [4.69, 9.17) is 0 Å². The highest BCUT2D eigenvalue weighted by molar-refractivity contribution is 6.00. The molecule has 0 aromatic heterocycles. The first-order valence-electron chi connectivity index (χ1n) is 6.93. The number of alkyl halides is 2. The van der Waals surface area contributed by atoms with Gasteiger partial charge in [0.2, 0.25) is 5.91 Å². The van der Waals surface area contributed by atoms with Gasteiger partial charge >= 0.3 is 11.9 Å². The van der Waals surface area contributed by atoms with Crippen molar-refractivity contribution >= 4 is 17.6 Å². The van der Waals surface area contributed by atoms with E-state index < -0.39 is 18.3 Å². The van der Waals surface area contributed by atoms with Gasteiger partial charge in [0.25, 0.3) is 0 Å². The van der Waals surface area contributed by atoms with Gasteiger partial charge < -0.3 is 9.64 Å². The van der Waals surface area contributed by atoms with Crippen molar-refractivity contribution in [3.8, 4) is 0 Å². The van der Waals surface area contributed by atoms with Gasteiger partial charge in [-0.2, -0.15) is 8.78 Å². The van der Waals surface area contributed by atoms with Crippen molar-refractivity contribution in [2.24, 2.45) is 0 Å². The number of allylic oxidation sites excluding steroid dienone is 1. The monoisotopic (exact) mass is 311 g/mol. The van der Waals surface area contributed by atoms with Gasteiger partial charge in [-0.3, -0.25) is 4.79 Å². The molecule has 1 aromatic carbocycles. The van der Waals surface area contributed by atoms with Crippen LogP contribution in [-0.2, 0) is 14.3 Å². The predicted octanol–water partition coefficient (Wildman–Crippen LogP) is 3.18. The minimum atomic E-state index is -3.53. The normalized spacial score (nSPS) is 11.5. The summed E-state index contributed by atoms with van der Waals surface area (Å²) in [5.74, 6) is -5.39. The van der Waals surface area contributed by atoms with Crippen molar-refractivity contribution in [1.82, 2.24) is 0 Å². The van der Waals surface area contributed by atoms with Crippen molar-refractivity contribution in [1.29, 1.82) is 0 Å². The smallest absolute Gasteiger partial charge is 0.376 e. The molecule has 0 unspecified atom stereocenters. The zero-order chi connectivity index (χ0) is 16.6. The van der Waals surface area contributed by atoms with Crippen molar-refractivity contribution in [2.75, 3.05) is 18.6 Å². The van der Waals surface area contributed by atoms with E-state index >= 15 is 0 Å². The number of esters is 1. The molecule has 0 spiro atoms. The van der Waals surface area contributed by atoms with Gasteiger partial charge in [0, 0.05) is 19.2 Å². The third-order valence-electron chi connectivity index (χ3n) is 2.93. The molecule has 0 aliphatic carbocycles. The summed E-state index contributed by atoms with van der Waals surface area (Å²) >= 11 is 0. The molecule has 0 saturated carbocycles. The number of halogens is 2. The molecule has 1 aromatic rings. The molecule has 1 amide bonds. The number of rotatable bonds is 7. The molecule has 1 rings (SSSR count). The molecule has 0 aliphatic heterocycles. The Morgan fingerprint density at radius 1 is 1.27 bits per heavy atom. The number of likely N-dealkylation sites (N-methyl/N-ethyl adjacent to an activating group) is 1. The third kappa shape index (κ3) is 5.27. The van der Waals surface area contributed by atoms with Crippen LogP contribution in [0.4, 0.5) is 14.5 Å². The van der Waals surface area contributed by atoms with Crippen LogP contribution in [0.3, 0.4) is 0 Å². The number of hydrogen-bond donors (Lipinski definition) is 0. The van der Waals surface area contributed by atoms with Gasteiger partial charge in [0.15, 0.2) is 0 Å². The first kappa shape index (κ1) is 17.8. The number of para-hydroxylation sites is 1. The molecule has 0 aliphatic rings. The predicted molar refractivity (Wildman–Crippen MR) is 79.8 cm³/mol. The Bertz CT molecular complexity index is 529. The maximum absolute atomic E-state index is 13.3. The van der Waals surface area contributed by atoms with Gasteiger partial charge in [-0.25, -0.2) is 4.79 Å². The molecule has 0 atom stereocenters. The second-order valence-electron chi connectivity index (χ2n) is 4.60. The number of carbonyl (C=O) groups excluding carboxylic acids is 2. The Hall–Kier alpha value is -2.24.